The van der Waals surface area contributed by atoms with Crippen molar-refractivity contribution in [1.29, 1.82) is 0 Å². The lowest BCUT2D eigenvalue weighted by molar-refractivity contribution is -0.158. The van der Waals surface area contributed by atoms with Gasteiger partial charge in [-0.2, -0.15) is 0 Å². The van der Waals surface area contributed by atoms with Crippen molar-refractivity contribution in [3.8, 4) is 0 Å². The number of hydrogen-bond donors (Lipinski definition) is 3. The Morgan fingerprint density at radius 1 is 1.30 bits per heavy atom. The Labute approximate surface area is 119 Å². The Morgan fingerprint density at radius 2 is 1.85 bits per heavy atom. The Bertz CT molecular complexity index is 418. The highest BCUT2D eigenvalue weighted by Crippen LogP contribution is 2.47. The van der Waals surface area contributed by atoms with Crippen LogP contribution in [0.1, 0.15) is 27.2 Å². The fraction of sp³-hybridized carbons (Fsp3) is 0.923. The topological polar surface area (TPSA) is 96.2 Å². The molecule has 2 rings (SSSR count). The van der Waals surface area contributed by atoms with Crippen molar-refractivity contribution < 1.29 is 29.3 Å². The van der Waals surface area contributed by atoms with Crippen LogP contribution in [0.4, 0.5) is 0 Å². The van der Waals surface area contributed by atoms with E-state index in [2.05, 4.69) is 0 Å². The lowest BCUT2D eigenvalue weighted by Crippen LogP contribution is -2.64. The molecule has 0 aromatic heterocycles. The monoisotopic (exact) mass is 304 g/mol. The Kier molecular flexibility index (Phi) is 3.59. The standard InChI is InChI=1S/C13H24O6Si/c1-12(2,3)20(4,5)19-13-6-7(14)8(15)9(10(13)16)18-11(13)17/h7-10,14-16H,6H2,1-5H3/t7-,8+,9-,10-,13-/m1/s1. The van der Waals surface area contributed by atoms with Crippen LogP contribution in [0.2, 0.25) is 18.1 Å². The van der Waals surface area contributed by atoms with E-state index in [1.54, 1.807) is 0 Å². The summed E-state index contributed by atoms with van der Waals surface area (Å²) in [5.74, 6) is -0.685. The summed E-state index contributed by atoms with van der Waals surface area (Å²) in [5.41, 5.74) is -1.55. The minimum atomic E-state index is -2.35. The highest BCUT2D eigenvalue weighted by molar-refractivity contribution is 6.74. The molecule has 2 fully saturated rings. The van der Waals surface area contributed by atoms with E-state index in [0.717, 1.165) is 0 Å². The van der Waals surface area contributed by atoms with Gasteiger partial charge in [-0.1, -0.05) is 20.8 Å². The number of aliphatic hydroxyl groups excluding tert-OH is 3. The predicted octanol–water partition coefficient (Wildman–Crippen LogP) is 0.159. The molecule has 7 heteroatoms. The van der Waals surface area contributed by atoms with E-state index in [4.69, 9.17) is 9.16 Å². The molecule has 0 amide bonds. The van der Waals surface area contributed by atoms with Crippen LogP contribution in [0, 0.1) is 0 Å². The van der Waals surface area contributed by atoms with Gasteiger partial charge in [0, 0.05) is 6.42 Å². The molecule has 2 aliphatic rings. The van der Waals surface area contributed by atoms with Crippen LogP contribution in [0.15, 0.2) is 0 Å². The molecule has 1 saturated heterocycles. The molecule has 5 atom stereocenters. The normalized spacial score (nSPS) is 41.7. The highest BCUT2D eigenvalue weighted by Gasteiger charge is 2.67. The van der Waals surface area contributed by atoms with E-state index >= 15 is 0 Å². The first-order valence-corrected chi connectivity index (χ1v) is 9.79. The average Bonchev–Trinajstić information content (AvgIpc) is 2.45. The molecule has 0 aromatic rings. The van der Waals surface area contributed by atoms with E-state index in [1.165, 1.54) is 0 Å². The summed E-state index contributed by atoms with van der Waals surface area (Å²) >= 11 is 0. The van der Waals surface area contributed by atoms with Crippen LogP contribution >= 0.6 is 0 Å². The summed E-state index contributed by atoms with van der Waals surface area (Å²) in [7, 11) is -2.35. The highest BCUT2D eigenvalue weighted by atomic mass is 28.4. The molecule has 20 heavy (non-hydrogen) atoms. The maximum Gasteiger partial charge on any atom is 0.340 e. The number of esters is 1. The molecule has 0 aromatic carbocycles. The van der Waals surface area contributed by atoms with Crippen molar-refractivity contribution in [3.63, 3.8) is 0 Å². The number of rotatable bonds is 2. The van der Waals surface area contributed by atoms with Crippen molar-refractivity contribution in [2.24, 2.45) is 0 Å². The van der Waals surface area contributed by atoms with Crippen molar-refractivity contribution in [3.05, 3.63) is 0 Å². The van der Waals surface area contributed by atoms with Crippen LogP contribution in [0.5, 0.6) is 0 Å². The van der Waals surface area contributed by atoms with Crippen molar-refractivity contribution >= 4 is 14.3 Å². The maximum absolute atomic E-state index is 12.2. The van der Waals surface area contributed by atoms with Crippen LogP contribution in [-0.2, 0) is 14.0 Å². The smallest absolute Gasteiger partial charge is 0.340 e. The Morgan fingerprint density at radius 3 is 2.35 bits per heavy atom. The molecule has 1 saturated carbocycles. The minimum Gasteiger partial charge on any atom is -0.454 e. The van der Waals surface area contributed by atoms with Crippen LogP contribution in [0.3, 0.4) is 0 Å². The van der Waals surface area contributed by atoms with Gasteiger partial charge < -0.3 is 24.5 Å². The second kappa shape index (κ2) is 4.51. The second-order valence-electron chi connectivity index (χ2n) is 7.33. The first-order valence-electron chi connectivity index (χ1n) is 6.88. The second-order valence-corrected chi connectivity index (χ2v) is 12.1. The minimum absolute atomic E-state index is 0.142. The summed E-state index contributed by atoms with van der Waals surface area (Å²) in [6, 6.07) is 0. The van der Waals surface area contributed by atoms with Crippen molar-refractivity contribution in [1.82, 2.24) is 0 Å². The fourth-order valence-electron chi connectivity index (χ4n) is 2.54. The lowest BCUT2D eigenvalue weighted by Gasteiger charge is -2.46. The first-order chi connectivity index (χ1) is 8.92. The van der Waals surface area contributed by atoms with Gasteiger partial charge in [0.05, 0.1) is 6.10 Å². The SMILES string of the molecule is CC(C)(C)[Si](C)(C)O[C@@]12C[C@@H](O)[C@H](O)[C@@H](OC1=O)[C@H]2O. The van der Waals surface area contributed by atoms with E-state index in [-0.39, 0.29) is 11.5 Å². The molecule has 0 unspecified atom stereocenters. The fourth-order valence-corrected chi connectivity index (χ4v) is 4.04. The molecule has 1 aliphatic carbocycles. The summed E-state index contributed by atoms with van der Waals surface area (Å²) in [6.45, 7) is 10.00. The number of aliphatic hydroxyl groups is 3. The molecular weight excluding hydrogens is 280 g/mol. The van der Waals surface area contributed by atoms with Crippen molar-refractivity contribution in [2.45, 2.75) is 75.3 Å². The van der Waals surface area contributed by atoms with Gasteiger partial charge >= 0.3 is 5.97 Å². The number of carbonyl (C=O) groups excluding carboxylic acids is 1. The third-order valence-corrected chi connectivity index (χ3v) is 9.35. The van der Waals surface area contributed by atoms with Gasteiger partial charge in [0.2, 0.25) is 0 Å². The molecule has 1 heterocycles. The molecule has 1 aliphatic heterocycles. The average molecular weight is 304 g/mol. The third kappa shape index (κ3) is 2.12. The van der Waals surface area contributed by atoms with Gasteiger partial charge in [-0.25, -0.2) is 4.79 Å². The zero-order valence-electron chi connectivity index (χ0n) is 12.6. The van der Waals surface area contributed by atoms with Gasteiger partial charge in [-0.3, -0.25) is 0 Å². The van der Waals surface area contributed by atoms with Gasteiger partial charge in [-0.15, -0.1) is 0 Å². The van der Waals surface area contributed by atoms with Crippen LogP contribution in [0.25, 0.3) is 0 Å². The van der Waals surface area contributed by atoms with Gasteiger partial charge in [0.1, 0.15) is 12.2 Å². The van der Waals surface area contributed by atoms with E-state index in [0.29, 0.717) is 0 Å². The Hall–Kier alpha value is -0.473. The molecule has 116 valence electrons. The van der Waals surface area contributed by atoms with E-state index in [1.807, 2.05) is 33.9 Å². The largest absolute Gasteiger partial charge is 0.454 e. The third-order valence-electron chi connectivity index (χ3n) is 4.86. The van der Waals surface area contributed by atoms with E-state index in [9.17, 15) is 20.1 Å². The summed E-state index contributed by atoms with van der Waals surface area (Å²) in [4.78, 5) is 12.2. The number of carbonyl (C=O) groups is 1. The summed E-state index contributed by atoms with van der Waals surface area (Å²) in [6.07, 6.45) is -4.91. The number of ether oxygens (including phenoxy) is 1. The zero-order valence-corrected chi connectivity index (χ0v) is 13.6. The molecule has 3 N–H and O–H groups in total. The quantitative estimate of drug-likeness (QED) is 0.497. The van der Waals surface area contributed by atoms with Gasteiger partial charge in [0.25, 0.3) is 0 Å². The number of hydrogen-bond acceptors (Lipinski definition) is 6. The predicted molar refractivity (Wildman–Crippen MR) is 73.5 cm³/mol. The zero-order chi connectivity index (χ0) is 15.5. The lowest BCUT2D eigenvalue weighted by atomic mass is 9.80. The molecular formula is C13H24O6Si. The summed E-state index contributed by atoms with van der Waals surface area (Å²) < 4.78 is 11.1. The molecule has 0 spiro atoms. The van der Waals surface area contributed by atoms with Gasteiger partial charge in [-0.05, 0) is 18.1 Å². The molecule has 0 radical (unpaired) electrons. The van der Waals surface area contributed by atoms with E-state index < -0.39 is 44.3 Å². The maximum atomic E-state index is 12.2. The van der Waals surface area contributed by atoms with Gasteiger partial charge in [0.15, 0.2) is 20.0 Å². The molecule has 2 bridgehead atoms. The van der Waals surface area contributed by atoms with Crippen molar-refractivity contribution in [2.75, 3.05) is 0 Å². The first kappa shape index (κ1) is 15.9. The Balaban J connectivity index is 2.36. The summed E-state index contributed by atoms with van der Waals surface area (Å²) in [5, 5.41) is 29.9. The van der Waals surface area contributed by atoms with Crippen LogP contribution < -0.4 is 0 Å². The van der Waals surface area contributed by atoms with Crippen LogP contribution in [-0.4, -0.2) is 59.6 Å². The molecule has 6 nitrogen and oxygen atoms in total. The number of fused-ring (bicyclic) bond motifs is 2.